The molecule has 2 amide bonds. The number of likely N-dealkylation sites (tertiary alicyclic amines) is 1. The summed E-state index contributed by atoms with van der Waals surface area (Å²) in [7, 11) is -3.17. The number of anilines is 1. The number of benzene rings is 2. The van der Waals surface area contributed by atoms with Crippen LogP contribution in [0.4, 0.5) is 41.2 Å². The fourth-order valence-corrected chi connectivity index (χ4v) is 6.99. The first-order chi connectivity index (χ1) is 19.5. The first-order valence-electron chi connectivity index (χ1n) is 13.2. The van der Waals surface area contributed by atoms with Crippen molar-refractivity contribution >= 4 is 21.6 Å². The quantitative estimate of drug-likeness (QED) is 0.381. The number of rotatable bonds is 7. The van der Waals surface area contributed by atoms with Gasteiger partial charge in [-0.05, 0) is 68.0 Å². The summed E-state index contributed by atoms with van der Waals surface area (Å²) in [5, 5.41) is 14.5. The van der Waals surface area contributed by atoms with Crippen molar-refractivity contribution in [2.45, 2.75) is 56.2 Å². The number of halogens is 7. The van der Waals surface area contributed by atoms with Gasteiger partial charge in [0, 0.05) is 18.2 Å². The van der Waals surface area contributed by atoms with Crippen LogP contribution in [0.25, 0.3) is 0 Å². The Bertz CT molecular complexity index is 1360. The zero-order valence-electron chi connectivity index (χ0n) is 22.2. The summed E-state index contributed by atoms with van der Waals surface area (Å²) in [6.07, 6.45) is -9.55. The van der Waals surface area contributed by atoms with Gasteiger partial charge in [0.15, 0.2) is 9.84 Å². The van der Waals surface area contributed by atoms with Crippen LogP contribution < -0.4 is 10.6 Å². The molecule has 0 spiro atoms. The summed E-state index contributed by atoms with van der Waals surface area (Å²) in [6.45, 7) is 1.52. The van der Waals surface area contributed by atoms with Gasteiger partial charge in [0.2, 0.25) is 0 Å². The number of alkyl halides is 6. The van der Waals surface area contributed by atoms with Crippen molar-refractivity contribution in [2.75, 3.05) is 29.9 Å². The molecule has 1 unspecified atom stereocenters. The average Bonchev–Trinajstić information content (AvgIpc) is 3.23. The van der Waals surface area contributed by atoms with E-state index < -0.39 is 51.2 Å². The third-order valence-corrected chi connectivity index (χ3v) is 9.45. The molecule has 2 aliphatic rings. The van der Waals surface area contributed by atoms with Crippen LogP contribution in [0.2, 0.25) is 0 Å². The van der Waals surface area contributed by atoms with E-state index in [0.717, 1.165) is 30.5 Å². The van der Waals surface area contributed by atoms with Gasteiger partial charge in [0.25, 0.3) is 5.60 Å². The summed E-state index contributed by atoms with van der Waals surface area (Å²) in [4.78, 5) is 14.2. The van der Waals surface area contributed by atoms with Crippen LogP contribution in [0.5, 0.6) is 0 Å². The number of aliphatic hydroxyl groups is 1. The number of carbonyl (C=O) groups is 1. The van der Waals surface area contributed by atoms with Gasteiger partial charge in [0.05, 0.1) is 17.2 Å². The lowest BCUT2D eigenvalue weighted by molar-refractivity contribution is -0.376. The van der Waals surface area contributed by atoms with E-state index in [4.69, 9.17) is 0 Å². The molecule has 2 aromatic rings. The fourth-order valence-electron chi connectivity index (χ4n) is 5.32. The average molecular weight is 626 g/mol. The van der Waals surface area contributed by atoms with Gasteiger partial charge in [-0.15, -0.1) is 0 Å². The number of hydrogen-bond acceptors (Lipinski definition) is 5. The van der Waals surface area contributed by atoms with Gasteiger partial charge in [-0.2, -0.15) is 26.3 Å². The third-order valence-electron chi connectivity index (χ3n) is 7.68. The zero-order valence-corrected chi connectivity index (χ0v) is 23.0. The third kappa shape index (κ3) is 7.35. The molecule has 42 heavy (non-hydrogen) atoms. The second kappa shape index (κ2) is 12.0. The van der Waals surface area contributed by atoms with Crippen molar-refractivity contribution in [3.05, 3.63) is 65.0 Å². The summed E-state index contributed by atoms with van der Waals surface area (Å²) < 4.78 is 116. The first kappa shape index (κ1) is 32.0. The largest absolute Gasteiger partial charge is 0.430 e. The molecule has 0 aliphatic carbocycles. The molecular formula is C27H30F7N3O4S. The maximum atomic E-state index is 14.7. The van der Waals surface area contributed by atoms with Gasteiger partial charge in [-0.3, -0.25) is 4.90 Å². The second-order valence-corrected chi connectivity index (χ2v) is 13.1. The topological polar surface area (TPSA) is 98.7 Å². The second-order valence-electron chi connectivity index (χ2n) is 10.8. The van der Waals surface area contributed by atoms with Crippen molar-refractivity contribution in [3.8, 4) is 0 Å². The maximum Gasteiger partial charge on any atom is 0.430 e. The predicted octanol–water partition coefficient (Wildman–Crippen LogP) is 4.90. The Labute approximate surface area is 238 Å². The van der Waals surface area contributed by atoms with Crippen molar-refractivity contribution in [3.63, 3.8) is 0 Å². The molecule has 2 aromatic carbocycles. The Balaban J connectivity index is 1.26. The van der Waals surface area contributed by atoms with Crippen molar-refractivity contribution in [1.29, 1.82) is 0 Å². The molecule has 1 atom stereocenters. The molecule has 0 bridgehead atoms. The van der Waals surface area contributed by atoms with Gasteiger partial charge in [-0.1, -0.05) is 30.3 Å². The molecule has 0 saturated carbocycles. The Hall–Kier alpha value is -2.91. The SMILES string of the molecule is O=C(Nc1ccc(CC2CCN(Cc3ccc(C(O)(C(F)(F)F)C(F)(F)F)cc3)CC2)cc1F)NC1CCS(=O)(=O)C1. The van der Waals surface area contributed by atoms with E-state index in [9.17, 15) is 49.1 Å². The standard InChI is InChI=1S/C27H30F7N3O4S/c28-22-14-19(3-6-23(22)36-24(38)35-21-9-12-42(40,41)16-21)13-17-7-10-37(11-8-17)15-18-1-4-20(5-2-18)25(39,26(29,30)31)27(32,33)34/h1-6,14,17,21,39H,7-13,15-16H2,(H2,35,36,38). The fraction of sp³-hybridized carbons (Fsp3) is 0.519. The monoisotopic (exact) mass is 625 g/mol. The van der Waals surface area contributed by atoms with Crippen molar-refractivity contribution in [1.82, 2.24) is 10.2 Å². The van der Waals surface area contributed by atoms with Crippen LogP contribution >= 0.6 is 0 Å². The summed E-state index contributed by atoms with van der Waals surface area (Å²) >= 11 is 0. The number of urea groups is 1. The molecule has 0 aromatic heterocycles. The Morgan fingerprint density at radius 2 is 1.52 bits per heavy atom. The van der Waals surface area contributed by atoms with Gasteiger partial charge in [-0.25, -0.2) is 17.6 Å². The van der Waals surface area contributed by atoms with Gasteiger partial charge >= 0.3 is 18.4 Å². The maximum absolute atomic E-state index is 14.7. The Kier molecular flexibility index (Phi) is 9.14. The molecule has 0 radical (unpaired) electrons. The van der Waals surface area contributed by atoms with E-state index in [0.29, 0.717) is 50.2 Å². The number of hydrogen-bond donors (Lipinski definition) is 3. The van der Waals surface area contributed by atoms with E-state index in [1.54, 1.807) is 6.07 Å². The number of nitrogens with one attached hydrogen (secondary N) is 2. The van der Waals surface area contributed by atoms with Crippen LogP contribution in [0.15, 0.2) is 42.5 Å². The minimum Gasteiger partial charge on any atom is -0.369 e. The Morgan fingerprint density at radius 1 is 0.929 bits per heavy atom. The zero-order chi connectivity index (χ0) is 30.9. The minimum absolute atomic E-state index is 0.00501. The molecule has 3 N–H and O–H groups in total. The lowest BCUT2D eigenvalue weighted by Crippen LogP contribution is -2.53. The minimum atomic E-state index is -5.94. The smallest absolute Gasteiger partial charge is 0.369 e. The highest BCUT2D eigenvalue weighted by Gasteiger charge is 2.71. The molecule has 2 heterocycles. The molecule has 7 nitrogen and oxygen atoms in total. The van der Waals surface area contributed by atoms with E-state index in [1.165, 1.54) is 12.1 Å². The molecular weight excluding hydrogens is 595 g/mol. The number of amides is 2. The van der Waals surface area contributed by atoms with E-state index in [1.807, 2.05) is 4.90 Å². The number of sulfone groups is 1. The number of piperidine rings is 1. The summed E-state index contributed by atoms with van der Waals surface area (Å²) in [5.74, 6) is -0.579. The Morgan fingerprint density at radius 3 is 2.05 bits per heavy atom. The van der Waals surface area contributed by atoms with Gasteiger partial charge in [0.1, 0.15) is 5.82 Å². The highest BCUT2D eigenvalue weighted by atomic mass is 32.2. The van der Waals surface area contributed by atoms with Crippen LogP contribution in [0.3, 0.4) is 0 Å². The predicted molar refractivity (Wildman–Crippen MR) is 140 cm³/mol. The highest BCUT2D eigenvalue weighted by molar-refractivity contribution is 7.91. The van der Waals surface area contributed by atoms with Crippen LogP contribution in [-0.2, 0) is 28.4 Å². The number of carbonyl (C=O) groups excluding carboxylic acids is 1. The van der Waals surface area contributed by atoms with Crippen LogP contribution in [-0.4, -0.2) is 67.4 Å². The summed E-state index contributed by atoms with van der Waals surface area (Å²) in [6, 6.07) is 6.79. The molecule has 2 aliphatic heterocycles. The molecule has 4 rings (SSSR count). The summed E-state index contributed by atoms with van der Waals surface area (Å²) in [5.41, 5.74) is -5.09. The normalized spacial score (nSPS) is 20.4. The molecule has 2 saturated heterocycles. The number of nitrogens with zero attached hydrogens (tertiary/aromatic N) is 1. The van der Waals surface area contributed by atoms with Crippen molar-refractivity contribution < 1.29 is 49.1 Å². The van der Waals surface area contributed by atoms with Crippen LogP contribution in [0, 0.1) is 11.7 Å². The molecule has 15 heteroatoms. The van der Waals surface area contributed by atoms with E-state index in [2.05, 4.69) is 10.6 Å². The lowest BCUT2D eigenvalue weighted by atomic mass is 9.89. The molecule has 232 valence electrons. The molecule has 2 fully saturated rings. The van der Waals surface area contributed by atoms with Crippen molar-refractivity contribution in [2.24, 2.45) is 5.92 Å². The van der Waals surface area contributed by atoms with Crippen LogP contribution in [0.1, 0.15) is 36.0 Å². The lowest BCUT2D eigenvalue weighted by Gasteiger charge is -2.33. The van der Waals surface area contributed by atoms with E-state index in [-0.39, 0.29) is 23.1 Å². The van der Waals surface area contributed by atoms with E-state index >= 15 is 0 Å². The highest BCUT2D eigenvalue weighted by Crippen LogP contribution is 2.50. The first-order valence-corrected chi connectivity index (χ1v) is 15.0. The van der Waals surface area contributed by atoms with Gasteiger partial charge < -0.3 is 15.7 Å².